The van der Waals surface area contributed by atoms with Crippen molar-refractivity contribution in [1.82, 2.24) is 9.78 Å². The number of carbonyl (C=O) groups is 1. The molecule has 5 heteroatoms. The molecule has 0 N–H and O–H groups in total. The van der Waals surface area contributed by atoms with Crippen LogP contribution in [0, 0.1) is 0 Å². The first-order valence-electron chi connectivity index (χ1n) is 10.6. The zero-order chi connectivity index (χ0) is 21.4. The second-order valence-electron chi connectivity index (χ2n) is 8.03. The van der Waals surface area contributed by atoms with Gasteiger partial charge >= 0.3 is 0 Å². The number of anilines is 1. The highest BCUT2D eigenvalue weighted by Crippen LogP contribution is 2.32. The largest absolute Gasteiger partial charge is 0.304 e. The SMILES string of the molecule is C[C@H]1CCc2ccccc2N1C(=O)c1nn(Cc2ccccc2)c(=O)c2ccccc12. The fraction of sp³-hybridized carbons (Fsp3) is 0.192. The summed E-state index contributed by atoms with van der Waals surface area (Å²) in [5.74, 6) is -0.169. The highest BCUT2D eigenvalue weighted by Gasteiger charge is 2.31. The van der Waals surface area contributed by atoms with E-state index in [1.807, 2.05) is 71.6 Å². The Bertz CT molecular complexity index is 1330. The van der Waals surface area contributed by atoms with Gasteiger partial charge in [0.1, 0.15) is 0 Å². The lowest BCUT2D eigenvalue weighted by molar-refractivity contribution is 0.0970. The molecule has 4 aromatic rings. The van der Waals surface area contributed by atoms with Gasteiger partial charge in [0.15, 0.2) is 5.69 Å². The van der Waals surface area contributed by atoms with Gasteiger partial charge in [-0.05, 0) is 43.0 Å². The summed E-state index contributed by atoms with van der Waals surface area (Å²) in [6.45, 7) is 2.38. The number of rotatable bonds is 3. The van der Waals surface area contributed by atoms with Crippen molar-refractivity contribution < 1.29 is 4.79 Å². The van der Waals surface area contributed by atoms with Gasteiger partial charge in [-0.25, -0.2) is 4.68 Å². The van der Waals surface area contributed by atoms with E-state index < -0.39 is 0 Å². The summed E-state index contributed by atoms with van der Waals surface area (Å²) in [6, 6.07) is 25.0. The van der Waals surface area contributed by atoms with Crippen LogP contribution in [-0.4, -0.2) is 21.7 Å². The average Bonchev–Trinajstić information content (AvgIpc) is 2.81. The quantitative estimate of drug-likeness (QED) is 0.503. The first kappa shape index (κ1) is 19.2. The molecular weight excluding hydrogens is 386 g/mol. The molecule has 5 nitrogen and oxygen atoms in total. The van der Waals surface area contributed by atoms with Gasteiger partial charge in [0.2, 0.25) is 0 Å². The Hall–Kier alpha value is -3.73. The summed E-state index contributed by atoms with van der Waals surface area (Å²) in [7, 11) is 0. The topological polar surface area (TPSA) is 55.2 Å². The van der Waals surface area contributed by atoms with Crippen molar-refractivity contribution in [2.45, 2.75) is 32.4 Å². The fourth-order valence-corrected chi connectivity index (χ4v) is 4.37. The molecule has 0 fully saturated rings. The Kier molecular flexibility index (Phi) is 4.86. The lowest BCUT2D eigenvalue weighted by atomic mass is 9.96. The number of nitrogens with zero attached hydrogens (tertiary/aromatic N) is 3. The first-order chi connectivity index (χ1) is 15.1. The van der Waals surface area contributed by atoms with Crippen molar-refractivity contribution in [1.29, 1.82) is 0 Å². The third-order valence-corrected chi connectivity index (χ3v) is 5.99. The number of hydrogen-bond acceptors (Lipinski definition) is 3. The van der Waals surface area contributed by atoms with Crippen molar-refractivity contribution in [3.63, 3.8) is 0 Å². The molecule has 154 valence electrons. The molecule has 0 bridgehead atoms. The second-order valence-corrected chi connectivity index (χ2v) is 8.03. The first-order valence-corrected chi connectivity index (χ1v) is 10.6. The molecule has 5 rings (SSSR count). The van der Waals surface area contributed by atoms with E-state index in [0.29, 0.717) is 23.0 Å². The maximum Gasteiger partial charge on any atom is 0.279 e. The molecule has 0 aliphatic carbocycles. The van der Waals surface area contributed by atoms with Crippen molar-refractivity contribution in [2.24, 2.45) is 0 Å². The number of benzene rings is 3. The zero-order valence-electron chi connectivity index (χ0n) is 17.4. The van der Waals surface area contributed by atoms with Crippen molar-refractivity contribution in [2.75, 3.05) is 4.90 Å². The van der Waals surface area contributed by atoms with E-state index in [2.05, 4.69) is 18.1 Å². The van der Waals surface area contributed by atoms with E-state index >= 15 is 0 Å². The third kappa shape index (κ3) is 3.42. The molecule has 1 atom stereocenters. The minimum absolute atomic E-state index is 0.0532. The van der Waals surface area contributed by atoms with Crippen LogP contribution in [0.3, 0.4) is 0 Å². The molecule has 0 spiro atoms. The summed E-state index contributed by atoms with van der Waals surface area (Å²) in [5, 5.41) is 5.69. The van der Waals surface area contributed by atoms with Crippen molar-refractivity contribution in [3.8, 4) is 0 Å². The van der Waals surface area contributed by atoms with Crippen LogP contribution < -0.4 is 10.5 Å². The van der Waals surface area contributed by atoms with Crippen molar-refractivity contribution >= 4 is 22.4 Å². The lowest BCUT2D eigenvalue weighted by Crippen LogP contribution is -2.43. The molecule has 1 amide bonds. The molecule has 3 aromatic carbocycles. The van der Waals surface area contributed by atoms with Crippen LogP contribution in [0.1, 0.15) is 35.0 Å². The normalized spacial score (nSPS) is 15.6. The zero-order valence-corrected chi connectivity index (χ0v) is 17.4. The lowest BCUT2D eigenvalue weighted by Gasteiger charge is -2.35. The fourth-order valence-electron chi connectivity index (χ4n) is 4.37. The van der Waals surface area contributed by atoms with Gasteiger partial charge in [-0.1, -0.05) is 66.7 Å². The predicted octanol–water partition coefficient (Wildman–Crippen LogP) is 4.43. The monoisotopic (exact) mass is 409 g/mol. The van der Waals surface area contributed by atoms with Crippen LogP contribution in [0.15, 0.2) is 83.7 Å². The smallest absolute Gasteiger partial charge is 0.279 e. The number of aryl methyl sites for hydroxylation is 1. The van der Waals surface area contributed by atoms with Crippen molar-refractivity contribution in [3.05, 3.63) is 106 Å². The van der Waals surface area contributed by atoms with Crippen LogP contribution in [0.5, 0.6) is 0 Å². The second kappa shape index (κ2) is 7.84. The maximum atomic E-state index is 13.9. The van der Waals surface area contributed by atoms with Gasteiger partial charge in [-0.15, -0.1) is 0 Å². The summed E-state index contributed by atoms with van der Waals surface area (Å²) < 4.78 is 1.41. The molecule has 2 heterocycles. The van der Waals surface area contributed by atoms with E-state index in [-0.39, 0.29) is 17.5 Å². The molecule has 1 aromatic heterocycles. The number of aromatic nitrogens is 2. The van der Waals surface area contributed by atoms with Crippen LogP contribution >= 0.6 is 0 Å². The molecule has 0 radical (unpaired) electrons. The Morgan fingerprint density at radius 1 is 0.935 bits per heavy atom. The Morgan fingerprint density at radius 3 is 2.42 bits per heavy atom. The highest BCUT2D eigenvalue weighted by molar-refractivity contribution is 6.13. The molecule has 31 heavy (non-hydrogen) atoms. The molecule has 0 saturated carbocycles. The summed E-state index contributed by atoms with van der Waals surface area (Å²) >= 11 is 0. The summed E-state index contributed by atoms with van der Waals surface area (Å²) in [5.41, 5.74) is 3.18. The summed E-state index contributed by atoms with van der Waals surface area (Å²) in [4.78, 5) is 28.8. The minimum atomic E-state index is -0.192. The van der Waals surface area contributed by atoms with E-state index in [1.165, 1.54) is 4.68 Å². The van der Waals surface area contributed by atoms with Gasteiger partial charge in [0, 0.05) is 17.1 Å². The number of para-hydroxylation sites is 1. The summed E-state index contributed by atoms with van der Waals surface area (Å²) in [6.07, 6.45) is 1.84. The Labute approximate surface area is 180 Å². The minimum Gasteiger partial charge on any atom is -0.304 e. The van der Waals surface area contributed by atoms with E-state index in [9.17, 15) is 9.59 Å². The molecule has 0 saturated heterocycles. The van der Waals surface area contributed by atoms with E-state index in [1.54, 1.807) is 6.07 Å². The number of hydrogen-bond donors (Lipinski definition) is 0. The Morgan fingerprint density at radius 2 is 1.61 bits per heavy atom. The molecule has 1 aliphatic heterocycles. The average molecular weight is 409 g/mol. The van der Waals surface area contributed by atoms with Gasteiger partial charge < -0.3 is 4.90 Å². The highest BCUT2D eigenvalue weighted by atomic mass is 16.2. The van der Waals surface area contributed by atoms with Gasteiger partial charge in [0.25, 0.3) is 11.5 Å². The molecule has 1 aliphatic rings. The van der Waals surface area contributed by atoms with E-state index in [0.717, 1.165) is 29.7 Å². The molecule has 0 unspecified atom stereocenters. The third-order valence-electron chi connectivity index (χ3n) is 5.99. The van der Waals surface area contributed by atoms with Gasteiger partial charge in [-0.3, -0.25) is 9.59 Å². The standard InChI is InChI=1S/C26H23N3O2/c1-18-15-16-20-11-5-8-14-23(20)29(18)26(31)24-21-12-6-7-13-22(21)25(30)28(27-24)17-19-9-3-2-4-10-19/h2-14,18H,15-17H2,1H3/t18-/m0/s1. The predicted molar refractivity (Wildman–Crippen MR) is 123 cm³/mol. The van der Waals surface area contributed by atoms with Crippen LogP contribution in [0.4, 0.5) is 5.69 Å². The van der Waals surface area contributed by atoms with Gasteiger partial charge in [-0.2, -0.15) is 5.10 Å². The van der Waals surface area contributed by atoms with Crippen LogP contribution in [-0.2, 0) is 13.0 Å². The number of carbonyl (C=O) groups excluding carboxylic acids is 1. The number of fused-ring (bicyclic) bond motifs is 2. The van der Waals surface area contributed by atoms with Crippen LogP contribution in [0.25, 0.3) is 10.8 Å². The Balaban J connectivity index is 1.67. The maximum absolute atomic E-state index is 13.9. The number of amides is 1. The van der Waals surface area contributed by atoms with E-state index in [4.69, 9.17) is 0 Å². The molecular formula is C26H23N3O2. The van der Waals surface area contributed by atoms with Crippen LogP contribution in [0.2, 0.25) is 0 Å². The van der Waals surface area contributed by atoms with Gasteiger partial charge in [0.05, 0.1) is 11.9 Å².